The minimum absolute atomic E-state index is 0.0351. The molecular formula is C28H28Cl2N2O4. The van der Waals surface area contributed by atoms with E-state index in [9.17, 15) is 4.79 Å². The highest BCUT2D eigenvalue weighted by atomic mass is 35.5. The number of rotatable bonds is 7. The molecule has 36 heavy (non-hydrogen) atoms. The number of carbonyl (C=O) groups is 1. The van der Waals surface area contributed by atoms with Gasteiger partial charge in [0.05, 0.1) is 34.9 Å². The van der Waals surface area contributed by atoms with Crippen molar-refractivity contribution in [1.82, 2.24) is 5.16 Å². The average Bonchev–Trinajstić information content (AvgIpc) is 3.68. The number of nitrogens with zero attached hydrogens (tertiary/aromatic N) is 1. The molecule has 0 amide bonds. The molecule has 2 saturated carbocycles. The summed E-state index contributed by atoms with van der Waals surface area (Å²) in [4.78, 5) is 11.8. The molecule has 8 heteroatoms. The Kier molecular flexibility index (Phi) is 6.02. The van der Waals surface area contributed by atoms with Gasteiger partial charge in [-0.3, -0.25) is 0 Å². The number of hydrogen-bond acceptors (Lipinski definition) is 6. The lowest BCUT2D eigenvalue weighted by molar-refractivity contribution is -0.185. The zero-order valence-corrected chi connectivity index (χ0v) is 21.6. The Morgan fingerprint density at radius 1 is 1.08 bits per heavy atom. The van der Waals surface area contributed by atoms with Crippen LogP contribution in [0.4, 0.5) is 5.69 Å². The molecule has 0 atom stereocenters. The standard InChI is InChI=1S/C28H28Cl2N2O4/c1-34-26(33)18-7-9-19(10-8-18)28-13-11-27(12-14-28,16-35-28)15-31-24-23(32-36-25(24)17-5-6-17)22-20(29)3-2-4-21(22)30/h2-4,7-10,17,31H,5-6,11-16H2,1H3. The summed E-state index contributed by atoms with van der Waals surface area (Å²) in [5.74, 6) is 0.959. The first-order valence-electron chi connectivity index (χ1n) is 12.4. The molecule has 4 aliphatic rings. The molecule has 3 aromatic rings. The number of halogens is 2. The van der Waals surface area contributed by atoms with E-state index in [1.807, 2.05) is 42.5 Å². The summed E-state index contributed by atoms with van der Waals surface area (Å²) in [6.07, 6.45) is 6.18. The smallest absolute Gasteiger partial charge is 0.337 e. The number of hydrogen-bond donors (Lipinski definition) is 1. The number of esters is 1. The Hall–Kier alpha value is -2.54. The Morgan fingerprint density at radius 2 is 1.78 bits per heavy atom. The summed E-state index contributed by atoms with van der Waals surface area (Å²) in [5, 5.41) is 9.21. The first-order valence-corrected chi connectivity index (χ1v) is 13.2. The fraction of sp³-hybridized carbons (Fsp3) is 0.429. The van der Waals surface area contributed by atoms with Crippen molar-refractivity contribution in [2.45, 2.75) is 50.0 Å². The number of benzene rings is 2. The van der Waals surface area contributed by atoms with Crippen LogP contribution in [0, 0.1) is 5.41 Å². The largest absolute Gasteiger partial charge is 0.465 e. The Bertz CT molecular complexity index is 1250. The molecule has 0 spiro atoms. The second-order valence-corrected chi connectivity index (χ2v) is 11.2. The minimum atomic E-state index is -0.325. The molecule has 2 aliphatic carbocycles. The number of nitrogens with one attached hydrogen (secondary N) is 1. The zero-order valence-electron chi connectivity index (χ0n) is 20.1. The minimum Gasteiger partial charge on any atom is -0.465 e. The van der Waals surface area contributed by atoms with Gasteiger partial charge in [-0.2, -0.15) is 0 Å². The topological polar surface area (TPSA) is 73.6 Å². The van der Waals surface area contributed by atoms with E-state index in [0.29, 0.717) is 39.4 Å². The molecule has 2 saturated heterocycles. The van der Waals surface area contributed by atoms with E-state index >= 15 is 0 Å². The Morgan fingerprint density at radius 3 is 2.36 bits per heavy atom. The van der Waals surface area contributed by atoms with Crippen LogP contribution in [0.15, 0.2) is 47.0 Å². The maximum Gasteiger partial charge on any atom is 0.337 e. The van der Waals surface area contributed by atoms with Crippen LogP contribution in [0.5, 0.6) is 0 Å². The van der Waals surface area contributed by atoms with Gasteiger partial charge in [-0.25, -0.2) is 4.79 Å². The fourth-order valence-corrected chi connectivity index (χ4v) is 6.24. The van der Waals surface area contributed by atoms with E-state index in [1.54, 1.807) is 0 Å². The maximum atomic E-state index is 11.8. The van der Waals surface area contributed by atoms with Crippen LogP contribution in [0.2, 0.25) is 10.0 Å². The van der Waals surface area contributed by atoms with Gasteiger partial charge in [0.2, 0.25) is 0 Å². The summed E-state index contributed by atoms with van der Waals surface area (Å²) in [6.45, 7) is 1.44. The van der Waals surface area contributed by atoms with Crippen molar-refractivity contribution in [3.05, 3.63) is 69.4 Å². The number of methoxy groups -OCH3 is 1. The number of ether oxygens (including phenoxy) is 2. The molecular weight excluding hydrogens is 499 g/mol. The van der Waals surface area contributed by atoms with Crippen molar-refractivity contribution in [3.63, 3.8) is 0 Å². The highest BCUT2D eigenvalue weighted by molar-refractivity contribution is 6.39. The third-order valence-electron chi connectivity index (χ3n) is 8.11. The van der Waals surface area contributed by atoms with E-state index in [1.165, 1.54) is 7.11 Å². The maximum absolute atomic E-state index is 11.8. The third-order valence-corrected chi connectivity index (χ3v) is 8.74. The van der Waals surface area contributed by atoms with Gasteiger partial charge >= 0.3 is 5.97 Å². The van der Waals surface area contributed by atoms with Crippen LogP contribution >= 0.6 is 23.2 Å². The first kappa shape index (κ1) is 23.8. The van der Waals surface area contributed by atoms with Gasteiger partial charge in [0, 0.05) is 23.4 Å². The summed E-state index contributed by atoms with van der Waals surface area (Å²) < 4.78 is 17.2. The average molecular weight is 527 g/mol. The van der Waals surface area contributed by atoms with Crippen LogP contribution in [0.25, 0.3) is 11.3 Å². The second-order valence-electron chi connectivity index (χ2n) is 10.3. The highest BCUT2D eigenvalue weighted by Crippen LogP contribution is 2.54. The number of aromatic nitrogens is 1. The number of carbonyl (C=O) groups excluding carboxylic acids is 1. The highest BCUT2D eigenvalue weighted by Gasteiger charge is 2.50. The third kappa shape index (κ3) is 4.09. The van der Waals surface area contributed by atoms with E-state index in [2.05, 4.69) is 10.5 Å². The van der Waals surface area contributed by atoms with Crippen LogP contribution in [0.3, 0.4) is 0 Å². The monoisotopic (exact) mass is 526 g/mol. The molecule has 1 aromatic heterocycles. The summed E-state index contributed by atoms with van der Waals surface area (Å²) in [5.41, 5.74) is 3.71. The van der Waals surface area contributed by atoms with Crippen molar-refractivity contribution in [2.24, 2.45) is 5.41 Å². The van der Waals surface area contributed by atoms with Crippen LogP contribution in [0.1, 0.15) is 66.1 Å². The SMILES string of the molecule is COC(=O)c1ccc(C23CCC(CNc4c(-c5c(Cl)cccc5Cl)noc4C4CC4)(CC2)CO3)cc1. The molecule has 0 radical (unpaired) electrons. The molecule has 3 heterocycles. The summed E-state index contributed by atoms with van der Waals surface area (Å²) >= 11 is 13.0. The van der Waals surface area contributed by atoms with Crippen LogP contribution in [-0.4, -0.2) is 31.4 Å². The number of fused-ring (bicyclic) bond motifs is 3. The lowest BCUT2D eigenvalue weighted by Gasteiger charge is -2.53. The van der Waals surface area contributed by atoms with E-state index in [-0.39, 0.29) is 17.0 Å². The van der Waals surface area contributed by atoms with Gasteiger partial charge in [-0.05, 0) is 68.4 Å². The van der Waals surface area contributed by atoms with Crippen molar-refractivity contribution >= 4 is 34.9 Å². The van der Waals surface area contributed by atoms with E-state index < -0.39 is 0 Å². The summed E-state index contributed by atoms with van der Waals surface area (Å²) in [7, 11) is 1.40. The van der Waals surface area contributed by atoms with E-state index in [0.717, 1.165) is 62.1 Å². The number of anilines is 1. The molecule has 0 unspecified atom stereocenters. The molecule has 4 fully saturated rings. The first-order chi connectivity index (χ1) is 17.4. The molecule has 1 N–H and O–H groups in total. The quantitative estimate of drug-likeness (QED) is 0.328. The molecule has 6 nitrogen and oxygen atoms in total. The molecule has 2 bridgehead atoms. The van der Waals surface area contributed by atoms with Gasteiger partial charge in [0.1, 0.15) is 11.4 Å². The molecule has 7 rings (SSSR count). The van der Waals surface area contributed by atoms with Crippen LogP contribution < -0.4 is 5.32 Å². The van der Waals surface area contributed by atoms with Crippen molar-refractivity contribution in [1.29, 1.82) is 0 Å². The van der Waals surface area contributed by atoms with Gasteiger partial charge in [-0.1, -0.05) is 46.6 Å². The predicted octanol–water partition coefficient (Wildman–Crippen LogP) is 7.21. The summed E-state index contributed by atoms with van der Waals surface area (Å²) in [6, 6.07) is 13.1. The normalized spacial score (nSPS) is 25.1. The lowest BCUT2D eigenvalue weighted by atomic mass is 9.64. The van der Waals surface area contributed by atoms with Crippen LogP contribution in [-0.2, 0) is 15.1 Å². The van der Waals surface area contributed by atoms with E-state index in [4.69, 9.17) is 37.2 Å². The molecule has 2 aromatic carbocycles. The van der Waals surface area contributed by atoms with Gasteiger partial charge in [0.15, 0.2) is 5.76 Å². The fourth-order valence-electron chi connectivity index (χ4n) is 5.66. The van der Waals surface area contributed by atoms with Crippen molar-refractivity contribution in [3.8, 4) is 11.3 Å². The Labute approximate surface area is 220 Å². The van der Waals surface area contributed by atoms with Crippen molar-refractivity contribution < 1.29 is 18.8 Å². The second kappa shape index (κ2) is 9.09. The molecule has 2 aliphatic heterocycles. The van der Waals surface area contributed by atoms with Crippen molar-refractivity contribution in [2.75, 3.05) is 25.6 Å². The zero-order chi connectivity index (χ0) is 24.9. The lowest BCUT2D eigenvalue weighted by Crippen LogP contribution is -2.52. The van der Waals surface area contributed by atoms with Gasteiger partial charge in [-0.15, -0.1) is 0 Å². The van der Waals surface area contributed by atoms with Gasteiger partial charge in [0.25, 0.3) is 0 Å². The predicted molar refractivity (Wildman–Crippen MR) is 139 cm³/mol. The Balaban J connectivity index is 1.20. The van der Waals surface area contributed by atoms with Gasteiger partial charge < -0.3 is 19.3 Å². The molecule has 188 valence electrons.